The van der Waals surface area contributed by atoms with Gasteiger partial charge in [-0.2, -0.15) is 0 Å². The molecule has 4 nitrogen and oxygen atoms in total. The van der Waals surface area contributed by atoms with Crippen LogP contribution in [0.2, 0.25) is 0 Å². The largest absolute Gasteiger partial charge is 0.322 e. The molecule has 0 heterocycles. The maximum atomic E-state index is 11.2. The van der Waals surface area contributed by atoms with Crippen LogP contribution in [-0.4, -0.2) is 29.8 Å². The molecular weight excluding hydrogens is 168 g/mol. The molecule has 0 atom stereocenters. The van der Waals surface area contributed by atoms with Gasteiger partial charge in [-0.05, 0) is 5.41 Å². The second-order valence-corrected chi connectivity index (χ2v) is 4.26. The van der Waals surface area contributed by atoms with E-state index in [1.165, 1.54) is 11.8 Å². The molecule has 0 rings (SSSR count). The normalized spacial score (nSPS) is 11.2. The minimum atomic E-state index is -0.317. The van der Waals surface area contributed by atoms with Crippen LogP contribution in [-0.2, 0) is 9.59 Å². The molecule has 0 unspecified atom stereocenters. The average Bonchev–Trinajstić information content (AvgIpc) is 1.96. The number of amides is 2. The molecule has 0 saturated carbocycles. The lowest BCUT2D eigenvalue weighted by Crippen LogP contribution is -2.43. The van der Waals surface area contributed by atoms with Crippen LogP contribution >= 0.6 is 0 Å². The summed E-state index contributed by atoms with van der Waals surface area (Å²) >= 11 is 0. The Morgan fingerprint density at radius 2 is 1.77 bits per heavy atom. The lowest BCUT2D eigenvalue weighted by atomic mass is 9.96. The Morgan fingerprint density at radius 3 is 2.00 bits per heavy atom. The van der Waals surface area contributed by atoms with Crippen LogP contribution in [0.15, 0.2) is 0 Å². The van der Waals surface area contributed by atoms with E-state index in [2.05, 4.69) is 0 Å². The van der Waals surface area contributed by atoms with Crippen molar-refractivity contribution in [3.63, 3.8) is 0 Å². The van der Waals surface area contributed by atoms with Crippen LogP contribution in [0, 0.1) is 5.41 Å². The molecule has 76 valence electrons. The highest BCUT2D eigenvalue weighted by Gasteiger charge is 2.22. The second kappa shape index (κ2) is 4.37. The number of nitrogens with zero attached hydrogens (tertiary/aromatic N) is 1. The molecular formula is C9H18N2O2. The van der Waals surface area contributed by atoms with Crippen molar-refractivity contribution >= 4 is 11.8 Å². The zero-order valence-electron chi connectivity index (χ0n) is 8.76. The van der Waals surface area contributed by atoms with Gasteiger partial charge in [0.25, 0.3) is 0 Å². The molecule has 0 aromatic heterocycles. The Morgan fingerprint density at radius 1 is 1.31 bits per heavy atom. The van der Waals surface area contributed by atoms with Gasteiger partial charge in [-0.15, -0.1) is 0 Å². The number of carbonyl (C=O) groups is 2. The standard InChI is InChI=1S/C9H18N2O2/c1-7(12)11(8(13)5-10)6-9(2,3)4/h5-6,10H2,1-4H3. The lowest BCUT2D eigenvalue weighted by molar-refractivity contribution is -0.144. The van der Waals surface area contributed by atoms with Gasteiger partial charge in [-0.25, -0.2) is 0 Å². The summed E-state index contributed by atoms with van der Waals surface area (Å²) < 4.78 is 0. The summed E-state index contributed by atoms with van der Waals surface area (Å²) in [5.41, 5.74) is 5.10. The topological polar surface area (TPSA) is 63.4 Å². The van der Waals surface area contributed by atoms with Gasteiger partial charge in [0.15, 0.2) is 0 Å². The molecule has 13 heavy (non-hydrogen) atoms. The van der Waals surface area contributed by atoms with E-state index in [-0.39, 0.29) is 23.8 Å². The Balaban J connectivity index is 4.45. The van der Waals surface area contributed by atoms with Crippen molar-refractivity contribution in [3.05, 3.63) is 0 Å². The Hall–Kier alpha value is -0.900. The quantitative estimate of drug-likeness (QED) is 0.677. The summed E-state index contributed by atoms with van der Waals surface area (Å²) in [6, 6.07) is 0. The number of nitrogens with two attached hydrogens (primary N) is 1. The Labute approximate surface area is 79.1 Å². The zero-order valence-corrected chi connectivity index (χ0v) is 8.76. The number of hydrogen-bond acceptors (Lipinski definition) is 3. The van der Waals surface area contributed by atoms with Crippen molar-refractivity contribution in [2.75, 3.05) is 13.1 Å². The molecule has 2 N–H and O–H groups in total. The number of hydrogen-bond donors (Lipinski definition) is 1. The van der Waals surface area contributed by atoms with Crippen LogP contribution < -0.4 is 5.73 Å². The molecule has 0 aromatic rings. The van der Waals surface area contributed by atoms with Crippen molar-refractivity contribution in [2.45, 2.75) is 27.7 Å². The smallest absolute Gasteiger partial charge is 0.242 e. The average molecular weight is 186 g/mol. The van der Waals surface area contributed by atoms with Crippen molar-refractivity contribution < 1.29 is 9.59 Å². The predicted molar refractivity (Wildman–Crippen MR) is 50.9 cm³/mol. The van der Waals surface area contributed by atoms with Gasteiger partial charge in [-0.3, -0.25) is 14.5 Å². The summed E-state index contributed by atoms with van der Waals surface area (Å²) in [6.07, 6.45) is 0. The van der Waals surface area contributed by atoms with Crippen molar-refractivity contribution in [1.29, 1.82) is 0 Å². The Bertz CT molecular complexity index is 206. The van der Waals surface area contributed by atoms with Crippen molar-refractivity contribution in [1.82, 2.24) is 4.90 Å². The minimum absolute atomic E-state index is 0.0868. The van der Waals surface area contributed by atoms with E-state index in [1.807, 2.05) is 20.8 Å². The molecule has 2 amide bonds. The van der Waals surface area contributed by atoms with Gasteiger partial charge < -0.3 is 5.73 Å². The number of carbonyl (C=O) groups excluding carboxylic acids is 2. The van der Waals surface area contributed by atoms with Crippen LogP contribution in [0.1, 0.15) is 27.7 Å². The molecule has 0 fully saturated rings. The highest BCUT2D eigenvalue weighted by molar-refractivity contribution is 5.95. The van der Waals surface area contributed by atoms with Crippen LogP contribution in [0.5, 0.6) is 0 Å². The Kier molecular flexibility index (Phi) is 4.07. The van der Waals surface area contributed by atoms with E-state index < -0.39 is 0 Å². The zero-order chi connectivity index (χ0) is 10.6. The highest BCUT2D eigenvalue weighted by Crippen LogP contribution is 2.15. The van der Waals surface area contributed by atoms with Crippen LogP contribution in [0.4, 0.5) is 0 Å². The fourth-order valence-electron chi connectivity index (χ4n) is 0.960. The lowest BCUT2D eigenvalue weighted by Gasteiger charge is -2.27. The first-order valence-electron chi connectivity index (χ1n) is 4.29. The first-order valence-corrected chi connectivity index (χ1v) is 4.29. The van der Waals surface area contributed by atoms with E-state index in [1.54, 1.807) is 0 Å². The van der Waals surface area contributed by atoms with E-state index in [0.29, 0.717) is 6.54 Å². The molecule has 0 aliphatic rings. The minimum Gasteiger partial charge on any atom is -0.322 e. The van der Waals surface area contributed by atoms with Crippen molar-refractivity contribution in [3.8, 4) is 0 Å². The fraction of sp³-hybridized carbons (Fsp3) is 0.778. The van der Waals surface area contributed by atoms with Crippen molar-refractivity contribution in [2.24, 2.45) is 11.1 Å². The molecule has 0 aliphatic heterocycles. The fourth-order valence-corrected chi connectivity index (χ4v) is 0.960. The van der Waals surface area contributed by atoms with Crippen LogP contribution in [0.25, 0.3) is 0 Å². The first kappa shape index (κ1) is 12.1. The van der Waals surface area contributed by atoms with Gasteiger partial charge in [0.2, 0.25) is 11.8 Å². The summed E-state index contributed by atoms with van der Waals surface area (Å²) in [6.45, 7) is 7.57. The maximum absolute atomic E-state index is 11.2. The number of rotatable bonds is 2. The molecule has 0 bridgehead atoms. The highest BCUT2D eigenvalue weighted by atomic mass is 16.2. The van der Waals surface area contributed by atoms with E-state index in [4.69, 9.17) is 5.73 Å². The SMILES string of the molecule is CC(=O)N(CC(C)(C)C)C(=O)CN. The van der Waals surface area contributed by atoms with Gasteiger partial charge >= 0.3 is 0 Å². The number of imide groups is 1. The van der Waals surface area contributed by atoms with Gasteiger partial charge in [0.1, 0.15) is 0 Å². The molecule has 4 heteroatoms. The maximum Gasteiger partial charge on any atom is 0.242 e. The molecule has 0 saturated heterocycles. The van der Waals surface area contributed by atoms with E-state index >= 15 is 0 Å². The van der Waals surface area contributed by atoms with E-state index in [9.17, 15) is 9.59 Å². The van der Waals surface area contributed by atoms with Gasteiger partial charge in [0, 0.05) is 13.5 Å². The first-order chi connectivity index (χ1) is 5.78. The summed E-state index contributed by atoms with van der Waals surface area (Å²) in [4.78, 5) is 23.5. The summed E-state index contributed by atoms with van der Waals surface area (Å²) in [5.74, 6) is -0.562. The third-order valence-corrected chi connectivity index (χ3v) is 1.49. The van der Waals surface area contributed by atoms with Gasteiger partial charge in [-0.1, -0.05) is 20.8 Å². The summed E-state index contributed by atoms with van der Waals surface area (Å²) in [5, 5.41) is 0. The third kappa shape index (κ3) is 4.62. The van der Waals surface area contributed by atoms with E-state index in [0.717, 1.165) is 0 Å². The third-order valence-electron chi connectivity index (χ3n) is 1.49. The molecule has 0 aromatic carbocycles. The summed E-state index contributed by atoms with van der Waals surface area (Å²) in [7, 11) is 0. The molecule has 0 spiro atoms. The van der Waals surface area contributed by atoms with Crippen LogP contribution in [0.3, 0.4) is 0 Å². The second-order valence-electron chi connectivity index (χ2n) is 4.26. The van der Waals surface area contributed by atoms with Gasteiger partial charge in [0.05, 0.1) is 6.54 Å². The molecule has 0 aliphatic carbocycles. The predicted octanol–water partition coefficient (Wildman–Crippen LogP) is 0.366. The molecule has 0 radical (unpaired) electrons. The monoisotopic (exact) mass is 186 g/mol.